The first kappa shape index (κ1) is 9.86. The topological polar surface area (TPSA) is 33.1 Å². The second-order valence-electron chi connectivity index (χ2n) is 3.11. The van der Waals surface area contributed by atoms with Crippen LogP contribution in [-0.4, -0.2) is 10.1 Å². The molecule has 3 heteroatoms. The van der Waals surface area contributed by atoms with Crippen LogP contribution in [0.25, 0.3) is 0 Å². The van der Waals surface area contributed by atoms with Crippen LogP contribution in [0, 0.1) is 5.82 Å². The molecule has 13 heavy (non-hydrogen) atoms. The summed E-state index contributed by atoms with van der Waals surface area (Å²) in [4.78, 5) is 3.65. The first-order valence-electron chi connectivity index (χ1n) is 4.02. The first-order chi connectivity index (χ1) is 6.09. The van der Waals surface area contributed by atoms with Crippen molar-refractivity contribution in [2.45, 2.75) is 19.4 Å². The van der Waals surface area contributed by atoms with Gasteiger partial charge in [-0.05, 0) is 19.4 Å². The summed E-state index contributed by atoms with van der Waals surface area (Å²) in [6.07, 6.45) is 2.29. The Morgan fingerprint density at radius 3 is 2.92 bits per heavy atom. The summed E-state index contributed by atoms with van der Waals surface area (Å²) in [5.74, 6) is -0.432. The number of aliphatic hydroxyl groups excluding tert-OH is 1. The van der Waals surface area contributed by atoms with E-state index < -0.39 is 11.9 Å². The number of nitrogens with zero attached hydrogens (tertiary/aromatic N) is 1. The van der Waals surface area contributed by atoms with Crippen molar-refractivity contribution in [3.05, 3.63) is 42.0 Å². The van der Waals surface area contributed by atoms with E-state index in [1.54, 1.807) is 0 Å². The molecule has 1 aromatic rings. The third-order valence-corrected chi connectivity index (χ3v) is 1.65. The van der Waals surface area contributed by atoms with Crippen molar-refractivity contribution in [1.82, 2.24) is 4.98 Å². The Bertz CT molecular complexity index is 312. The fraction of sp³-hybridized carbons (Fsp3) is 0.300. The fourth-order valence-corrected chi connectivity index (χ4v) is 1.06. The Kier molecular flexibility index (Phi) is 3.14. The number of halogens is 1. The van der Waals surface area contributed by atoms with E-state index in [1.165, 1.54) is 12.3 Å². The highest BCUT2D eigenvalue weighted by Gasteiger charge is 2.08. The van der Waals surface area contributed by atoms with Crippen molar-refractivity contribution in [2.75, 3.05) is 0 Å². The van der Waals surface area contributed by atoms with Crippen LogP contribution in [0.3, 0.4) is 0 Å². The minimum Gasteiger partial charge on any atom is -0.388 e. The number of aliphatic hydroxyl groups is 1. The maximum Gasteiger partial charge on any atom is 0.141 e. The normalized spacial score (nSPS) is 12.5. The molecule has 0 aromatic carbocycles. The molecule has 0 spiro atoms. The maximum absolute atomic E-state index is 12.7. The Morgan fingerprint density at radius 1 is 1.69 bits per heavy atom. The summed E-state index contributed by atoms with van der Waals surface area (Å²) < 4.78 is 12.7. The van der Waals surface area contributed by atoms with Crippen LogP contribution in [-0.2, 0) is 0 Å². The largest absolute Gasteiger partial charge is 0.388 e. The Balaban J connectivity index is 2.76. The molecule has 2 nitrogen and oxygen atoms in total. The van der Waals surface area contributed by atoms with E-state index in [0.29, 0.717) is 12.0 Å². The van der Waals surface area contributed by atoms with Gasteiger partial charge in [-0.3, -0.25) is 4.98 Å². The van der Waals surface area contributed by atoms with E-state index in [4.69, 9.17) is 0 Å². The number of rotatable bonds is 3. The van der Waals surface area contributed by atoms with Crippen LogP contribution >= 0.6 is 0 Å². The molecule has 0 fully saturated rings. The van der Waals surface area contributed by atoms with Crippen LogP contribution < -0.4 is 0 Å². The number of aromatic nitrogens is 1. The zero-order valence-corrected chi connectivity index (χ0v) is 7.50. The molecule has 1 rings (SSSR count). The SMILES string of the molecule is C=C(C)CC(O)c1cncc(F)c1. The van der Waals surface area contributed by atoms with Gasteiger partial charge in [0, 0.05) is 11.8 Å². The van der Waals surface area contributed by atoms with Gasteiger partial charge >= 0.3 is 0 Å². The molecule has 70 valence electrons. The molecule has 0 aliphatic carbocycles. The molecule has 0 aliphatic heterocycles. The van der Waals surface area contributed by atoms with E-state index in [1.807, 2.05) is 6.92 Å². The molecule has 1 N–H and O–H groups in total. The Hall–Kier alpha value is -1.22. The van der Waals surface area contributed by atoms with E-state index in [2.05, 4.69) is 11.6 Å². The van der Waals surface area contributed by atoms with Gasteiger partial charge in [-0.2, -0.15) is 0 Å². The fourth-order valence-electron chi connectivity index (χ4n) is 1.06. The van der Waals surface area contributed by atoms with E-state index >= 15 is 0 Å². The van der Waals surface area contributed by atoms with Crippen molar-refractivity contribution < 1.29 is 9.50 Å². The molecule has 0 aliphatic rings. The minimum absolute atomic E-state index is 0.432. The summed E-state index contributed by atoms with van der Waals surface area (Å²) in [7, 11) is 0. The zero-order chi connectivity index (χ0) is 9.84. The van der Waals surface area contributed by atoms with Crippen LogP contribution in [0.1, 0.15) is 25.0 Å². The lowest BCUT2D eigenvalue weighted by Gasteiger charge is -2.09. The van der Waals surface area contributed by atoms with Gasteiger partial charge in [-0.25, -0.2) is 4.39 Å². The Morgan fingerprint density at radius 2 is 2.38 bits per heavy atom. The molecule has 0 bridgehead atoms. The van der Waals surface area contributed by atoms with Crippen LogP contribution in [0.15, 0.2) is 30.6 Å². The van der Waals surface area contributed by atoms with Gasteiger partial charge in [0.15, 0.2) is 0 Å². The van der Waals surface area contributed by atoms with E-state index in [9.17, 15) is 9.50 Å². The number of hydrogen-bond donors (Lipinski definition) is 1. The molecule has 0 amide bonds. The second-order valence-corrected chi connectivity index (χ2v) is 3.11. The molecular weight excluding hydrogens is 169 g/mol. The maximum atomic E-state index is 12.7. The lowest BCUT2D eigenvalue weighted by molar-refractivity contribution is 0.177. The molecular formula is C10H12FNO. The van der Waals surface area contributed by atoms with Crippen molar-refractivity contribution in [3.63, 3.8) is 0 Å². The van der Waals surface area contributed by atoms with Gasteiger partial charge < -0.3 is 5.11 Å². The third-order valence-electron chi connectivity index (χ3n) is 1.65. The van der Waals surface area contributed by atoms with Gasteiger partial charge in [0.05, 0.1) is 12.3 Å². The van der Waals surface area contributed by atoms with Gasteiger partial charge in [-0.1, -0.05) is 5.57 Å². The van der Waals surface area contributed by atoms with Crippen LogP contribution in [0.2, 0.25) is 0 Å². The lowest BCUT2D eigenvalue weighted by Crippen LogP contribution is -1.99. The van der Waals surface area contributed by atoms with Crippen molar-refractivity contribution >= 4 is 0 Å². The quantitative estimate of drug-likeness (QED) is 0.725. The predicted octanol–water partition coefficient (Wildman–Crippen LogP) is 2.22. The molecule has 1 aromatic heterocycles. The van der Waals surface area contributed by atoms with Crippen LogP contribution in [0.4, 0.5) is 4.39 Å². The third kappa shape index (κ3) is 2.95. The highest BCUT2D eigenvalue weighted by atomic mass is 19.1. The predicted molar refractivity (Wildman–Crippen MR) is 48.6 cm³/mol. The number of hydrogen-bond acceptors (Lipinski definition) is 2. The molecule has 1 unspecified atom stereocenters. The van der Waals surface area contributed by atoms with Gasteiger partial charge in [0.1, 0.15) is 5.82 Å². The van der Waals surface area contributed by atoms with Gasteiger partial charge in [-0.15, -0.1) is 6.58 Å². The first-order valence-corrected chi connectivity index (χ1v) is 4.02. The average molecular weight is 181 g/mol. The highest BCUT2D eigenvalue weighted by molar-refractivity contribution is 5.15. The molecule has 0 saturated heterocycles. The summed E-state index contributed by atoms with van der Waals surface area (Å²) in [5, 5.41) is 9.55. The van der Waals surface area contributed by atoms with Gasteiger partial charge in [0.2, 0.25) is 0 Å². The smallest absolute Gasteiger partial charge is 0.141 e. The Labute approximate surface area is 76.7 Å². The second kappa shape index (κ2) is 4.14. The molecule has 0 saturated carbocycles. The van der Waals surface area contributed by atoms with Crippen molar-refractivity contribution in [3.8, 4) is 0 Å². The van der Waals surface area contributed by atoms with Crippen LogP contribution in [0.5, 0.6) is 0 Å². The average Bonchev–Trinajstić information content (AvgIpc) is 2.03. The van der Waals surface area contributed by atoms with Crippen molar-refractivity contribution in [1.29, 1.82) is 0 Å². The minimum atomic E-state index is -0.708. The van der Waals surface area contributed by atoms with E-state index in [0.717, 1.165) is 11.8 Å². The standard InChI is InChI=1S/C10H12FNO/c1-7(2)3-10(13)8-4-9(11)6-12-5-8/h4-6,10,13H,1,3H2,2H3. The van der Waals surface area contributed by atoms with Gasteiger partial charge in [0.25, 0.3) is 0 Å². The molecule has 0 radical (unpaired) electrons. The van der Waals surface area contributed by atoms with Crippen molar-refractivity contribution in [2.24, 2.45) is 0 Å². The molecule has 1 heterocycles. The lowest BCUT2D eigenvalue weighted by atomic mass is 10.1. The number of pyridine rings is 1. The summed E-state index contributed by atoms with van der Waals surface area (Å²) in [5.41, 5.74) is 1.35. The summed E-state index contributed by atoms with van der Waals surface area (Å²) >= 11 is 0. The monoisotopic (exact) mass is 181 g/mol. The highest BCUT2D eigenvalue weighted by Crippen LogP contribution is 2.19. The zero-order valence-electron chi connectivity index (χ0n) is 7.50. The summed E-state index contributed by atoms with van der Waals surface area (Å²) in [6.45, 7) is 5.48. The molecule has 1 atom stereocenters. The summed E-state index contributed by atoms with van der Waals surface area (Å²) in [6, 6.07) is 1.28. The van der Waals surface area contributed by atoms with E-state index in [-0.39, 0.29) is 0 Å².